The molecule has 0 spiro atoms. The normalized spacial score (nSPS) is 11.7. The van der Waals surface area contributed by atoms with Gasteiger partial charge in [-0.15, -0.1) is 0 Å². The summed E-state index contributed by atoms with van der Waals surface area (Å²) in [5.41, 5.74) is 0.540. The van der Waals surface area contributed by atoms with E-state index in [1.54, 1.807) is 36.4 Å². The molecule has 0 saturated carbocycles. The first-order valence-corrected chi connectivity index (χ1v) is 3.87. The molecule has 1 aromatic carbocycles. The number of aliphatic hydroxyl groups excluding tert-OH is 1. The second-order valence-corrected chi connectivity index (χ2v) is 2.44. The van der Waals surface area contributed by atoms with Gasteiger partial charge in [0.15, 0.2) is 0 Å². The van der Waals surface area contributed by atoms with Crippen LogP contribution in [0.4, 0.5) is 8.78 Å². The highest BCUT2D eigenvalue weighted by Crippen LogP contribution is 2.10. The van der Waals surface area contributed by atoms with Crippen molar-refractivity contribution in [1.82, 2.24) is 0 Å². The Hall–Kier alpha value is -1.60. The van der Waals surface area contributed by atoms with E-state index >= 15 is 0 Å². The number of benzene rings is 1. The molecule has 1 N–H and O–H groups in total. The Morgan fingerprint density at radius 1 is 1.21 bits per heavy atom. The fourth-order valence-electron chi connectivity index (χ4n) is 0.853. The number of ether oxygens (including phenoxy) is 1. The summed E-state index contributed by atoms with van der Waals surface area (Å²) in [6.07, 6.45) is 0.631. The van der Waals surface area contributed by atoms with Gasteiger partial charge in [-0.1, -0.05) is 30.3 Å². The Morgan fingerprint density at radius 3 is 2.43 bits per heavy atom. The van der Waals surface area contributed by atoms with Crippen LogP contribution in [0.5, 0.6) is 0 Å². The van der Waals surface area contributed by atoms with Crippen LogP contribution in [0.3, 0.4) is 0 Å². The van der Waals surface area contributed by atoms with Gasteiger partial charge in [0.2, 0.25) is 0 Å². The quantitative estimate of drug-likeness (QED) is 0.735. The van der Waals surface area contributed by atoms with E-state index in [0.29, 0.717) is 5.56 Å². The van der Waals surface area contributed by atoms with Gasteiger partial charge in [0.25, 0.3) is 0 Å². The third kappa shape index (κ3) is 3.42. The summed E-state index contributed by atoms with van der Waals surface area (Å²) < 4.78 is 26.6. The Bertz CT molecular complexity index is 327. The van der Waals surface area contributed by atoms with E-state index in [4.69, 9.17) is 0 Å². The van der Waals surface area contributed by atoms with Crippen LogP contribution in [0.1, 0.15) is 11.7 Å². The summed E-state index contributed by atoms with van der Waals surface area (Å²) in [5.74, 6) is 2.13. The smallest absolute Gasteiger partial charge is 0.381 e. The van der Waals surface area contributed by atoms with E-state index in [2.05, 4.69) is 10.7 Å². The van der Waals surface area contributed by atoms with Crippen LogP contribution >= 0.6 is 0 Å². The lowest BCUT2D eigenvalue weighted by atomic mass is 10.1. The van der Waals surface area contributed by atoms with Crippen molar-refractivity contribution < 1.29 is 18.6 Å². The fourth-order valence-corrected chi connectivity index (χ4v) is 0.853. The molecule has 1 rings (SSSR count). The largest absolute Gasteiger partial charge is 0.395 e. The lowest BCUT2D eigenvalue weighted by Gasteiger charge is -2.01. The van der Waals surface area contributed by atoms with Gasteiger partial charge < -0.3 is 9.84 Å². The molecule has 0 aliphatic carbocycles. The fraction of sp³-hybridized carbons (Fsp3) is 0.200. The summed E-state index contributed by atoms with van der Waals surface area (Å²) in [5, 5.41) is 9.33. The first kappa shape index (κ1) is 10.5. The van der Waals surface area contributed by atoms with Crippen LogP contribution in [0.2, 0.25) is 0 Å². The zero-order valence-electron chi connectivity index (χ0n) is 7.15. The Balaban J connectivity index is 2.57. The van der Waals surface area contributed by atoms with E-state index in [0.717, 1.165) is 0 Å². The molecule has 4 heteroatoms. The average Bonchev–Trinajstić information content (AvgIpc) is 2.18. The van der Waals surface area contributed by atoms with Gasteiger partial charge in [0, 0.05) is 0 Å². The molecular formula is C10H8F2O2. The molecule has 14 heavy (non-hydrogen) atoms. The molecule has 1 atom stereocenters. The molecule has 0 heterocycles. The average molecular weight is 198 g/mol. The second-order valence-electron chi connectivity index (χ2n) is 2.44. The predicted octanol–water partition coefficient (Wildman–Crippen LogP) is 1.92. The molecule has 0 aliphatic rings. The van der Waals surface area contributed by atoms with Crippen molar-refractivity contribution in [1.29, 1.82) is 0 Å². The van der Waals surface area contributed by atoms with Crippen LogP contribution in [0.25, 0.3) is 0 Å². The number of alkyl halides is 2. The van der Waals surface area contributed by atoms with Crippen molar-refractivity contribution in [3.8, 4) is 12.0 Å². The minimum absolute atomic E-state index is 0.540. The molecule has 0 bridgehead atoms. The molecule has 74 valence electrons. The lowest BCUT2D eigenvalue weighted by Crippen LogP contribution is -1.95. The molecule has 0 amide bonds. The molecule has 0 radical (unpaired) electrons. The molecule has 2 nitrogen and oxygen atoms in total. The summed E-state index contributed by atoms with van der Waals surface area (Å²) in [6, 6.07) is 8.49. The summed E-state index contributed by atoms with van der Waals surface area (Å²) in [7, 11) is 0. The van der Waals surface area contributed by atoms with Gasteiger partial charge >= 0.3 is 6.61 Å². The summed E-state index contributed by atoms with van der Waals surface area (Å²) >= 11 is 0. The number of halogens is 2. The maximum absolute atomic E-state index is 11.5. The SMILES string of the molecule is OC(C#COC(F)F)c1ccccc1. The zero-order valence-corrected chi connectivity index (χ0v) is 7.15. The number of rotatable bonds is 2. The first-order chi connectivity index (χ1) is 6.70. The van der Waals surface area contributed by atoms with Gasteiger partial charge in [0.05, 0.1) is 0 Å². The summed E-state index contributed by atoms with van der Waals surface area (Å²) in [4.78, 5) is 0. The van der Waals surface area contributed by atoms with Crippen LogP contribution in [-0.2, 0) is 4.74 Å². The maximum atomic E-state index is 11.5. The van der Waals surface area contributed by atoms with E-state index < -0.39 is 12.7 Å². The topological polar surface area (TPSA) is 29.5 Å². The molecule has 1 aromatic rings. The highest BCUT2D eigenvalue weighted by atomic mass is 19.3. The predicted molar refractivity (Wildman–Crippen MR) is 46.3 cm³/mol. The Morgan fingerprint density at radius 2 is 1.86 bits per heavy atom. The minimum Gasteiger partial charge on any atom is -0.381 e. The summed E-state index contributed by atoms with van der Waals surface area (Å²) in [6.45, 7) is -2.94. The second kappa shape index (κ2) is 5.20. The van der Waals surface area contributed by atoms with Crippen molar-refractivity contribution >= 4 is 0 Å². The molecular weight excluding hydrogens is 190 g/mol. The van der Waals surface area contributed by atoms with Crippen molar-refractivity contribution in [3.05, 3.63) is 35.9 Å². The van der Waals surface area contributed by atoms with Crippen molar-refractivity contribution in [2.45, 2.75) is 12.7 Å². The highest BCUT2D eigenvalue weighted by molar-refractivity contribution is 5.23. The van der Waals surface area contributed by atoms with Crippen LogP contribution in [-0.4, -0.2) is 11.7 Å². The highest BCUT2D eigenvalue weighted by Gasteiger charge is 2.02. The molecule has 1 unspecified atom stereocenters. The monoisotopic (exact) mass is 198 g/mol. The molecule has 0 aliphatic heterocycles. The van der Waals surface area contributed by atoms with Crippen molar-refractivity contribution in [3.63, 3.8) is 0 Å². The lowest BCUT2D eigenvalue weighted by molar-refractivity contribution is -0.0723. The Kier molecular flexibility index (Phi) is 3.89. The van der Waals surface area contributed by atoms with Crippen molar-refractivity contribution in [2.75, 3.05) is 0 Å². The van der Waals surface area contributed by atoms with E-state index in [1.807, 2.05) is 0 Å². The molecule has 0 fully saturated rings. The van der Waals surface area contributed by atoms with E-state index in [-0.39, 0.29) is 0 Å². The van der Waals surface area contributed by atoms with Crippen LogP contribution in [0.15, 0.2) is 30.3 Å². The zero-order chi connectivity index (χ0) is 10.4. The van der Waals surface area contributed by atoms with E-state index in [9.17, 15) is 13.9 Å². The Labute approximate surface area is 80.1 Å². The number of hydrogen-bond acceptors (Lipinski definition) is 2. The third-order valence-corrected chi connectivity index (χ3v) is 1.46. The van der Waals surface area contributed by atoms with Gasteiger partial charge in [-0.3, -0.25) is 0 Å². The molecule has 0 saturated heterocycles. The standard InChI is InChI=1S/C10H8F2O2/c11-10(12)14-7-6-9(13)8-4-2-1-3-5-8/h1-5,9-10,13H. The van der Waals surface area contributed by atoms with Gasteiger partial charge in [-0.25, -0.2) is 0 Å². The van der Waals surface area contributed by atoms with Crippen LogP contribution in [0, 0.1) is 12.0 Å². The maximum Gasteiger partial charge on any atom is 0.395 e. The first-order valence-electron chi connectivity index (χ1n) is 3.87. The number of aliphatic hydroxyl groups is 1. The van der Waals surface area contributed by atoms with E-state index in [1.165, 1.54) is 0 Å². The van der Waals surface area contributed by atoms with Crippen LogP contribution < -0.4 is 0 Å². The van der Waals surface area contributed by atoms with Gasteiger partial charge in [0.1, 0.15) is 12.2 Å². The minimum atomic E-state index is -2.94. The number of hydrogen-bond donors (Lipinski definition) is 1. The van der Waals surface area contributed by atoms with Gasteiger partial charge in [-0.2, -0.15) is 8.78 Å². The van der Waals surface area contributed by atoms with Crippen molar-refractivity contribution in [2.24, 2.45) is 0 Å². The molecule has 0 aromatic heterocycles. The van der Waals surface area contributed by atoms with Gasteiger partial charge in [-0.05, 0) is 11.5 Å². The third-order valence-electron chi connectivity index (χ3n) is 1.46.